The first-order valence-electron chi connectivity index (χ1n) is 8.41. The van der Waals surface area contributed by atoms with Crippen LogP contribution in [0.25, 0.3) is 5.78 Å². The fourth-order valence-electron chi connectivity index (χ4n) is 3.47. The maximum atomic E-state index is 13.4. The van der Waals surface area contributed by atoms with Crippen molar-refractivity contribution in [2.24, 2.45) is 0 Å². The lowest BCUT2D eigenvalue weighted by atomic mass is 9.98. The van der Waals surface area contributed by atoms with Gasteiger partial charge in [0, 0.05) is 12.7 Å². The van der Waals surface area contributed by atoms with E-state index >= 15 is 0 Å². The summed E-state index contributed by atoms with van der Waals surface area (Å²) in [6.45, 7) is 0.692. The van der Waals surface area contributed by atoms with Gasteiger partial charge in [0.15, 0.2) is 0 Å². The molecule has 0 radical (unpaired) electrons. The summed E-state index contributed by atoms with van der Waals surface area (Å²) in [7, 11) is 0. The van der Waals surface area contributed by atoms with Gasteiger partial charge in [0.1, 0.15) is 12.1 Å². The zero-order valence-electron chi connectivity index (χ0n) is 13.7. The summed E-state index contributed by atoms with van der Waals surface area (Å²) in [5, 5.41) is 4.24. The van der Waals surface area contributed by atoms with Crippen LogP contribution < -0.4 is 0 Å². The lowest BCUT2D eigenvalue weighted by Crippen LogP contribution is -2.40. The van der Waals surface area contributed by atoms with Gasteiger partial charge in [-0.3, -0.25) is 4.79 Å². The van der Waals surface area contributed by atoms with E-state index < -0.39 is 0 Å². The number of carbonyl (C=O) groups excluding carboxylic acids is 1. The molecule has 2 aromatic heterocycles. The molecular formula is C18H18FN5O. The van der Waals surface area contributed by atoms with Gasteiger partial charge < -0.3 is 4.90 Å². The molecule has 4 rings (SSSR count). The predicted molar refractivity (Wildman–Crippen MR) is 89.2 cm³/mol. The third-order valence-corrected chi connectivity index (χ3v) is 4.62. The lowest BCUT2D eigenvalue weighted by Gasteiger charge is -2.36. The van der Waals surface area contributed by atoms with Crippen LogP contribution in [0.2, 0.25) is 0 Å². The van der Waals surface area contributed by atoms with E-state index in [4.69, 9.17) is 0 Å². The van der Waals surface area contributed by atoms with Crippen molar-refractivity contribution < 1.29 is 9.18 Å². The maximum Gasteiger partial charge on any atom is 0.252 e. The van der Waals surface area contributed by atoms with Crippen molar-refractivity contribution in [3.63, 3.8) is 0 Å². The quantitative estimate of drug-likeness (QED) is 0.736. The van der Waals surface area contributed by atoms with E-state index in [1.54, 1.807) is 22.8 Å². The van der Waals surface area contributed by atoms with Crippen LogP contribution in [-0.4, -0.2) is 36.9 Å². The van der Waals surface area contributed by atoms with Gasteiger partial charge in [-0.1, -0.05) is 12.1 Å². The maximum absolute atomic E-state index is 13.4. The Hall–Kier alpha value is -2.83. The molecule has 1 saturated heterocycles. The Kier molecular flexibility index (Phi) is 4.13. The number of halogens is 1. The standard InChI is InChI=1S/C18H18FN5O/c19-14-5-3-4-13(10-14)11-17(25)23-9-2-1-6-15(23)16-7-8-20-18-21-12-22-24(16)18/h3-5,7-8,10,12,15H,1-2,6,9,11H2. The summed E-state index contributed by atoms with van der Waals surface area (Å²) < 4.78 is 15.1. The van der Waals surface area contributed by atoms with E-state index in [1.807, 2.05) is 11.0 Å². The van der Waals surface area contributed by atoms with E-state index in [0.717, 1.165) is 25.0 Å². The average molecular weight is 339 g/mol. The first-order valence-corrected chi connectivity index (χ1v) is 8.41. The van der Waals surface area contributed by atoms with Crippen molar-refractivity contribution in [3.05, 3.63) is 59.9 Å². The SMILES string of the molecule is O=C(Cc1cccc(F)c1)N1CCCCC1c1ccnc2ncnn12. The molecule has 1 unspecified atom stereocenters. The van der Waals surface area contributed by atoms with E-state index in [9.17, 15) is 9.18 Å². The molecule has 1 amide bonds. The molecule has 1 aliphatic rings. The number of hydrogen-bond acceptors (Lipinski definition) is 4. The zero-order chi connectivity index (χ0) is 17.2. The number of piperidine rings is 1. The second kappa shape index (κ2) is 6.58. The minimum Gasteiger partial charge on any atom is -0.334 e. The monoisotopic (exact) mass is 339 g/mol. The molecule has 1 atom stereocenters. The molecule has 25 heavy (non-hydrogen) atoms. The van der Waals surface area contributed by atoms with Gasteiger partial charge in [0.05, 0.1) is 18.2 Å². The zero-order valence-corrected chi connectivity index (χ0v) is 13.7. The van der Waals surface area contributed by atoms with Gasteiger partial charge in [0.25, 0.3) is 5.78 Å². The first kappa shape index (κ1) is 15.7. The molecule has 6 nitrogen and oxygen atoms in total. The van der Waals surface area contributed by atoms with Gasteiger partial charge in [-0.05, 0) is 43.0 Å². The highest BCUT2D eigenvalue weighted by Gasteiger charge is 2.30. The topological polar surface area (TPSA) is 63.4 Å². The van der Waals surface area contributed by atoms with Gasteiger partial charge in [-0.2, -0.15) is 14.6 Å². The van der Waals surface area contributed by atoms with E-state index in [-0.39, 0.29) is 24.2 Å². The Morgan fingerprint density at radius 3 is 3.04 bits per heavy atom. The smallest absolute Gasteiger partial charge is 0.252 e. The molecule has 0 bridgehead atoms. The highest BCUT2D eigenvalue weighted by Crippen LogP contribution is 2.31. The third kappa shape index (κ3) is 3.09. The number of carbonyl (C=O) groups is 1. The molecular weight excluding hydrogens is 321 g/mol. The van der Waals surface area contributed by atoms with Crippen molar-refractivity contribution in [3.8, 4) is 0 Å². The normalized spacial score (nSPS) is 17.8. The molecule has 128 valence electrons. The lowest BCUT2D eigenvalue weighted by molar-refractivity contribution is -0.134. The highest BCUT2D eigenvalue weighted by molar-refractivity contribution is 5.79. The Morgan fingerprint density at radius 1 is 1.24 bits per heavy atom. The van der Waals surface area contributed by atoms with Crippen LogP contribution in [0.5, 0.6) is 0 Å². The summed E-state index contributed by atoms with van der Waals surface area (Å²) in [5.74, 6) is 0.208. The van der Waals surface area contributed by atoms with Crippen LogP contribution >= 0.6 is 0 Å². The Balaban J connectivity index is 1.63. The van der Waals surface area contributed by atoms with Crippen LogP contribution in [0.1, 0.15) is 36.6 Å². The Labute approximate surface area is 144 Å². The Morgan fingerprint density at radius 2 is 2.16 bits per heavy atom. The summed E-state index contributed by atoms with van der Waals surface area (Å²) >= 11 is 0. The Bertz CT molecular complexity index is 909. The van der Waals surface area contributed by atoms with Crippen LogP contribution in [0.4, 0.5) is 4.39 Å². The minimum atomic E-state index is -0.320. The molecule has 1 aliphatic heterocycles. The second-order valence-electron chi connectivity index (χ2n) is 6.25. The fraction of sp³-hybridized carbons (Fsp3) is 0.333. The number of likely N-dealkylation sites (tertiary alicyclic amines) is 1. The first-order chi connectivity index (χ1) is 12.2. The van der Waals surface area contributed by atoms with Crippen LogP contribution in [-0.2, 0) is 11.2 Å². The molecule has 1 fully saturated rings. The molecule has 7 heteroatoms. The number of nitrogens with zero attached hydrogens (tertiary/aromatic N) is 5. The summed E-state index contributed by atoms with van der Waals surface area (Å²) in [6, 6.07) is 8.03. The molecule has 3 heterocycles. The molecule has 0 N–H and O–H groups in total. The molecule has 0 saturated carbocycles. The van der Waals surface area contributed by atoms with E-state index in [1.165, 1.54) is 18.5 Å². The number of aromatic nitrogens is 4. The minimum absolute atomic E-state index is 0.000350. The predicted octanol–water partition coefficient (Wildman–Crippen LogP) is 2.56. The average Bonchev–Trinajstić information content (AvgIpc) is 3.10. The summed E-state index contributed by atoms with van der Waals surface area (Å²) in [5.41, 5.74) is 1.60. The number of fused-ring (bicyclic) bond motifs is 1. The number of rotatable bonds is 3. The van der Waals surface area contributed by atoms with Gasteiger partial charge in [-0.25, -0.2) is 9.37 Å². The largest absolute Gasteiger partial charge is 0.334 e. The van der Waals surface area contributed by atoms with Gasteiger partial charge >= 0.3 is 0 Å². The summed E-state index contributed by atoms with van der Waals surface area (Å²) in [4.78, 5) is 23.1. The van der Waals surface area contributed by atoms with E-state index in [2.05, 4.69) is 15.1 Å². The van der Waals surface area contributed by atoms with Crippen molar-refractivity contribution in [2.45, 2.75) is 31.7 Å². The van der Waals surface area contributed by atoms with Crippen LogP contribution in [0.15, 0.2) is 42.9 Å². The molecule has 1 aromatic carbocycles. The highest BCUT2D eigenvalue weighted by atomic mass is 19.1. The van der Waals surface area contributed by atoms with Crippen LogP contribution in [0, 0.1) is 5.82 Å². The number of amides is 1. The van der Waals surface area contributed by atoms with Crippen LogP contribution in [0.3, 0.4) is 0 Å². The summed E-state index contributed by atoms with van der Waals surface area (Å²) in [6.07, 6.45) is 6.24. The second-order valence-corrected chi connectivity index (χ2v) is 6.25. The third-order valence-electron chi connectivity index (χ3n) is 4.62. The van der Waals surface area contributed by atoms with Gasteiger partial charge in [-0.15, -0.1) is 0 Å². The molecule has 0 aliphatic carbocycles. The number of benzene rings is 1. The van der Waals surface area contributed by atoms with Crippen molar-refractivity contribution in [1.29, 1.82) is 0 Å². The van der Waals surface area contributed by atoms with Crippen molar-refractivity contribution in [1.82, 2.24) is 24.5 Å². The molecule has 3 aromatic rings. The number of hydrogen-bond donors (Lipinski definition) is 0. The molecule has 0 spiro atoms. The van der Waals surface area contributed by atoms with Gasteiger partial charge in [0.2, 0.25) is 5.91 Å². The fourth-order valence-corrected chi connectivity index (χ4v) is 3.47. The van der Waals surface area contributed by atoms with Crippen molar-refractivity contribution in [2.75, 3.05) is 6.54 Å². The van der Waals surface area contributed by atoms with E-state index in [0.29, 0.717) is 17.9 Å². The van der Waals surface area contributed by atoms with Crippen molar-refractivity contribution >= 4 is 11.7 Å².